The normalized spacial score (nSPS) is 11.1. The van der Waals surface area contributed by atoms with Crippen molar-refractivity contribution in [2.24, 2.45) is 0 Å². The summed E-state index contributed by atoms with van der Waals surface area (Å²) in [6.07, 6.45) is 2.10. The van der Waals surface area contributed by atoms with Crippen LogP contribution in [0.5, 0.6) is 0 Å². The number of amides is 1. The van der Waals surface area contributed by atoms with Crippen LogP contribution in [0.2, 0.25) is 0 Å². The Morgan fingerprint density at radius 2 is 1.48 bits per heavy atom. The van der Waals surface area contributed by atoms with Crippen LogP contribution in [0.3, 0.4) is 0 Å². The molecular formula is C34H34N4OS. The minimum Gasteiger partial charge on any atom is -0.356 e. The molecule has 4 aromatic carbocycles. The van der Waals surface area contributed by atoms with Crippen molar-refractivity contribution < 1.29 is 4.79 Å². The highest BCUT2D eigenvalue weighted by Crippen LogP contribution is 2.29. The first-order valence-corrected chi connectivity index (χ1v) is 14.7. The molecule has 0 atom stereocenters. The van der Waals surface area contributed by atoms with Gasteiger partial charge in [0.15, 0.2) is 11.0 Å². The van der Waals surface area contributed by atoms with Gasteiger partial charge in [0, 0.05) is 35.9 Å². The number of benzene rings is 4. The van der Waals surface area contributed by atoms with Crippen molar-refractivity contribution in [3.63, 3.8) is 0 Å². The molecular weight excluding hydrogens is 512 g/mol. The highest BCUT2D eigenvalue weighted by atomic mass is 32.2. The van der Waals surface area contributed by atoms with E-state index in [-0.39, 0.29) is 11.8 Å². The molecule has 202 valence electrons. The van der Waals surface area contributed by atoms with Crippen LogP contribution < -0.4 is 5.32 Å². The topological polar surface area (TPSA) is 59.8 Å². The van der Waals surface area contributed by atoms with Gasteiger partial charge in [-0.05, 0) is 48.6 Å². The highest BCUT2D eigenvalue weighted by molar-refractivity contribution is 7.99. The first-order valence-electron chi connectivity index (χ1n) is 13.8. The van der Waals surface area contributed by atoms with Crippen molar-refractivity contribution in [2.75, 3.05) is 12.3 Å². The maximum Gasteiger partial charge on any atom is 0.220 e. The third kappa shape index (κ3) is 7.07. The zero-order valence-corrected chi connectivity index (χ0v) is 23.6. The van der Waals surface area contributed by atoms with Gasteiger partial charge in [0.1, 0.15) is 0 Å². The molecule has 1 N–H and O–H groups in total. The lowest BCUT2D eigenvalue weighted by molar-refractivity contribution is -0.121. The summed E-state index contributed by atoms with van der Waals surface area (Å²) in [5, 5.41) is 13.0. The van der Waals surface area contributed by atoms with Crippen molar-refractivity contribution >= 4 is 17.7 Å². The van der Waals surface area contributed by atoms with Crippen LogP contribution in [-0.4, -0.2) is 33.0 Å². The Labute approximate surface area is 240 Å². The summed E-state index contributed by atoms with van der Waals surface area (Å²) in [7, 11) is 0. The molecule has 0 aliphatic carbocycles. The lowest BCUT2D eigenvalue weighted by atomic mass is 9.88. The number of rotatable bonds is 12. The van der Waals surface area contributed by atoms with Crippen molar-refractivity contribution in [3.8, 4) is 17.1 Å². The predicted octanol–water partition coefficient (Wildman–Crippen LogP) is 7.45. The Morgan fingerprint density at radius 1 is 0.825 bits per heavy atom. The van der Waals surface area contributed by atoms with Crippen molar-refractivity contribution in [1.29, 1.82) is 0 Å². The minimum atomic E-state index is 0.0885. The van der Waals surface area contributed by atoms with Gasteiger partial charge in [0.05, 0.1) is 0 Å². The second kappa shape index (κ2) is 13.8. The molecule has 40 heavy (non-hydrogen) atoms. The Balaban J connectivity index is 1.16. The molecule has 5 aromatic rings. The summed E-state index contributed by atoms with van der Waals surface area (Å²) in [6.45, 7) is 2.73. The fourth-order valence-corrected chi connectivity index (χ4v) is 5.77. The molecule has 0 unspecified atom stereocenters. The predicted molar refractivity (Wildman–Crippen MR) is 164 cm³/mol. The zero-order valence-electron chi connectivity index (χ0n) is 22.7. The van der Waals surface area contributed by atoms with E-state index in [0.717, 1.165) is 40.8 Å². The molecule has 5 nitrogen and oxygen atoms in total. The third-order valence-corrected chi connectivity index (χ3v) is 7.88. The average Bonchev–Trinajstić information content (AvgIpc) is 3.43. The van der Waals surface area contributed by atoms with E-state index >= 15 is 0 Å². The van der Waals surface area contributed by atoms with E-state index in [4.69, 9.17) is 0 Å². The van der Waals surface area contributed by atoms with Crippen LogP contribution in [0.4, 0.5) is 0 Å². The number of nitrogens with one attached hydrogen (secondary N) is 1. The molecule has 0 bridgehead atoms. The number of carbonyl (C=O) groups excluding carboxylic acids is 1. The molecule has 0 saturated heterocycles. The van der Waals surface area contributed by atoms with Gasteiger partial charge in [-0.25, -0.2) is 0 Å². The number of aryl methyl sites for hydroxylation is 1. The maximum absolute atomic E-state index is 12.7. The Morgan fingerprint density at radius 3 is 2.12 bits per heavy atom. The monoisotopic (exact) mass is 546 g/mol. The summed E-state index contributed by atoms with van der Waals surface area (Å²) in [5.74, 6) is 1.94. The molecule has 0 aliphatic rings. The molecule has 0 spiro atoms. The molecule has 0 radical (unpaired) electrons. The van der Waals surface area contributed by atoms with Crippen LogP contribution in [0.1, 0.15) is 41.9 Å². The van der Waals surface area contributed by atoms with Crippen LogP contribution in [0.15, 0.2) is 120 Å². The van der Waals surface area contributed by atoms with E-state index in [1.54, 1.807) is 11.8 Å². The molecule has 0 fully saturated rings. The number of carbonyl (C=O) groups is 1. The Hall–Kier alpha value is -4.16. The number of nitrogens with zero attached hydrogens (tertiary/aromatic N) is 3. The first-order chi connectivity index (χ1) is 19.7. The second-order valence-corrected chi connectivity index (χ2v) is 10.9. The van der Waals surface area contributed by atoms with Gasteiger partial charge in [-0.2, -0.15) is 0 Å². The quantitative estimate of drug-likeness (QED) is 0.130. The SMILES string of the molecule is Cc1cccc(-n2c(SCCCC(=O)NCCC(c3ccccc3)c3ccccc3)nnc2-c2ccccc2)c1. The van der Waals surface area contributed by atoms with Gasteiger partial charge in [-0.3, -0.25) is 9.36 Å². The fourth-order valence-electron chi connectivity index (χ4n) is 4.87. The number of hydrogen-bond donors (Lipinski definition) is 1. The van der Waals surface area contributed by atoms with Crippen molar-refractivity contribution in [2.45, 2.75) is 37.3 Å². The van der Waals surface area contributed by atoms with E-state index in [1.165, 1.54) is 16.7 Å². The molecule has 5 rings (SSSR count). The van der Waals surface area contributed by atoms with Crippen molar-refractivity contribution in [1.82, 2.24) is 20.1 Å². The van der Waals surface area contributed by atoms with E-state index in [2.05, 4.69) is 112 Å². The largest absolute Gasteiger partial charge is 0.356 e. The lowest BCUT2D eigenvalue weighted by Crippen LogP contribution is -2.25. The van der Waals surface area contributed by atoms with E-state index in [1.807, 2.05) is 30.3 Å². The molecule has 1 aromatic heterocycles. The fraction of sp³-hybridized carbons (Fsp3) is 0.206. The Kier molecular flexibility index (Phi) is 9.43. The lowest BCUT2D eigenvalue weighted by Gasteiger charge is -2.18. The zero-order chi connectivity index (χ0) is 27.6. The molecule has 6 heteroatoms. The number of thioether (sulfide) groups is 1. The number of aromatic nitrogens is 3. The number of hydrogen-bond acceptors (Lipinski definition) is 4. The summed E-state index contributed by atoms with van der Waals surface area (Å²) in [6, 6.07) is 39.5. The third-order valence-electron chi connectivity index (χ3n) is 6.86. The van der Waals surface area contributed by atoms with E-state index < -0.39 is 0 Å². The maximum atomic E-state index is 12.7. The minimum absolute atomic E-state index is 0.0885. The molecule has 1 heterocycles. The van der Waals surface area contributed by atoms with Gasteiger partial charge in [-0.1, -0.05) is 115 Å². The Bertz CT molecular complexity index is 1460. The summed E-state index contributed by atoms with van der Waals surface area (Å²) in [4.78, 5) is 12.7. The van der Waals surface area contributed by atoms with Gasteiger partial charge >= 0.3 is 0 Å². The van der Waals surface area contributed by atoms with Gasteiger partial charge in [0.2, 0.25) is 5.91 Å². The van der Waals surface area contributed by atoms with Crippen LogP contribution in [0.25, 0.3) is 17.1 Å². The van der Waals surface area contributed by atoms with Crippen LogP contribution in [-0.2, 0) is 4.79 Å². The second-order valence-electron chi connectivity index (χ2n) is 9.81. The van der Waals surface area contributed by atoms with E-state index in [9.17, 15) is 4.79 Å². The smallest absolute Gasteiger partial charge is 0.220 e. The van der Waals surface area contributed by atoms with E-state index in [0.29, 0.717) is 13.0 Å². The van der Waals surface area contributed by atoms with Crippen LogP contribution in [0, 0.1) is 6.92 Å². The summed E-state index contributed by atoms with van der Waals surface area (Å²) >= 11 is 1.64. The summed E-state index contributed by atoms with van der Waals surface area (Å²) in [5.41, 5.74) is 5.78. The molecule has 0 saturated carbocycles. The standard InChI is InChI=1S/C34H34N4OS/c1-26-13-11-20-30(25-26)38-33(29-18-9-4-10-19-29)36-37-34(38)40-24-12-21-32(39)35-23-22-31(27-14-5-2-6-15-27)28-16-7-3-8-17-28/h2-11,13-20,25,31H,12,21-24H2,1H3,(H,35,39). The molecule has 0 aliphatic heterocycles. The summed E-state index contributed by atoms with van der Waals surface area (Å²) < 4.78 is 2.11. The van der Waals surface area contributed by atoms with Gasteiger partial charge in [-0.15, -0.1) is 10.2 Å². The molecule has 1 amide bonds. The van der Waals surface area contributed by atoms with Crippen LogP contribution >= 0.6 is 11.8 Å². The van der Waals surface area contributed by atoms with Crippen molar-refractivity contribution in [3.05, 3.63) is 132 Å². The average molecular weight is 547 g/mol. The van der Waals surface area contributed by atoms with Gasteiger partial charge in [0.25, 0.3) is 0 Å². The highest BCUT2D eigenvalue weighted by Gasteiger charge is 2.17. The first kappa shape index (κ1) is 27.4. The van der Waals surface area contributed by atoms with Gasteiger partial charge < -0.3 is 5.32 Å².